The van der Waals surface area contributed by atoms with E-state index in [0.29, 0.717) is 6.54 Å². The van der Waals surface area contributed by atoms with Gasteiger partial charge < -0.3 is 5.73 Å². The zero-order valence-corrected chi connectivity index (χ0v) is 8.48. The van der Waals surface area contributed by atoms with Crippen LogP contribution in [0.15, 0.2) is 37.0 Å². The highest BCUT2D eigenvalue weighted by molar-refractivity contribution is 5.76. The molecule has 0 fully saturated rings. The third-order valence-electron chi connectivity index (χ3n) is 2.26. The van der Waals surface area contributed by atoms with Crippen molar-refractivity contribution in [3.05, 3.63) is 42.7 Å². The number of aromatic nitrogens is 2. The summed E-state index contributed by atoms with van der Waals surface area (Å²) in [5, 5.41) is 0. The summed E-state index contributed by atoms with van der Waals surface area (Å²) >= 11 is 0. The van der Waals surface area contributed by atoms with Crippen molar-refractivity contribution in [3.8, 4) is 0 Å². The first-order valence-electron chi connectivity index (χ1n) is 4.91. The first-order valence-corrected chi connectivity index (χ1v) is 4.91. The summed E-state index contributed by atoms with van der Waals surface area (Å²) in [5.41, 5.74) is 9.04. The van der Waals surface area contributed by atoms with Crippen LogP contribution in [0.2, 0.25) is 0 Å². The van der Waals surface area contributed by atoms with Crippen LogP contribution < -0.4 is 5.73 Å². The van der Waals surface area contributed by atoms with Gasteiger partial charge >= 0.3 is 0 Å². The summed E-state index contributed by atoms with van der Waals surface area (Å²) in [6, 6.07) is 7.79. The fourth-order valence-electron chi connectivity index (χ4n) is 1.43. The van der Waals surface area contributed by atoms with Gasteiger partial charge in [0.2, 0.25) is 0 Å². The Morgan fingerprint density at radius 1 is 1.27 bits per heavy atom. The molecule has 0 saturated carbocycles. The summed E-state index contributed by atoms with van der Waals surface area (Å²) in [7, 11) is 0. The van der Waals surface area contributed by atoms with E-state index in [1.165, 1.54) is 0 Å². The van der Waals surface area contributed by atoms with Gasteiger partial charge in [-0.25, -0.2) is 4.98 Å². The predicted molar refractivity (Wildman–Crippen MR) is 62.2 cm³/mol. The van der Waals surface area contributed by atoms with E-state index >= 15 is 0 Å². The summed E-state index contributed by atoms with van der Waals surface area (Å²) in [6.07, 6.45) is 2.51. The van der Waals surface area contributed by atoms with Crippen molar-refractivity contribution >= 4 is 16.6 Å². The quantitative estimate of drug-likeness (QED) is 0.822. The molecule has 1 aromatic carbocycles. The van der Waals surface area contributed by atoms with Gasteiger partial charge in [-0.05, 0) is 30.7 Å². The van der Waals surface area contributed by atoms with E-state index in [1.54, 1.807) is 6.20 Å². The fraction of sp³-hybridized carbons (Fsp3) is 0.167. The van der Waals surface area contributed by atoms with Crippen LogP contribution in [0, 0.1) is 0 Å². The number of nitrogens with two attached hydrogens (primary N) is 1. The lowest BCUT2D eigenvalue weighted by atomic mass is 10.1. The van der Waals surface area contributed by atoms with Gasteiger partial charge in [-0.1, -0.05) is 18.7 Å². The molecule has 0 aliphatic carbocycles. The molecule has 0 aliphatic heterocycles. The second kappa shape index (κ2) is 4.19. The van der Waals surface area contributed by atoms with Crippen molar-refractivity contribution in [1.82, 2.24) is 9.97 Å². The van der Waals surface area contributed by atoms with Crippen LogP contribution in [0.4, 0.5) is 0 Å². The Morgan fingerprint density at radius 3 is 2.73 bits per heavy atom. The van der Waals surface area contributed by atoms with Crippen LogP contribution in [0.5, 0.6) is 0 Å². The molecule has 0 atom stereocenters. The molecule has 1 heterocycles. The topological polar surface area (TPSA) is 51.8 Å². The average Bonchev–Trinajstić information content (AvgIpc) is 2.29. The minimum Gasteiger partial charge on any atom is -0.330 e. The normalized spacial score (nSPS) is 10.5. The maximum Gasteiger partial charge on any atom is 0.0894 e. The van der Waals surface area contributed by atoms with Gasteiger partial charge in [0.15, 0.2) is 0 Å². The number of nitrogens with zero attached hydrogens (tertiary/aromatic N) is 2. The molecule has 0 bridgehead atoms. The smallest absolute Gasteiger partial charge is 0.0894 e. The number of para-hydroxylation sites is 2. The highest BCUT2D eigenvalue weighted by Gasteiger charge is 2.02. The second-order valence-corrected chi connectivity index (χ2v) is 3.39. The van der Waals surface area contributed by atoms with E-state index in [9.17, 15) is 0 Å². The zero-order chi connectivity index (χ0) is 10.7. The van der Waals surface area contributed by atoms with Gasteiger partial charge in [-0.15, -0.1) is 0 Å². The Hall–Kier alpha value is -1.74. The van der Waals surface area contributed by atoms with Crippen molar-refractivity contribution in [2.75, 3.05) is 6.54 Å². The molecule has 1 aromatic heterocycles. The molecule has 2 aromatic rings. The minimum atomic E-state index is 0.591. The SMILES string of the molecule is C=C(CCN)c1cnc2ccccc2n1. The number of fused-ring (bicyclic) bond motifs is 1. The molecule has 76 valence electrons. The number of benzene rings is 1. The molecule has 3 heteroatoms. The molecule has 15 heavy (non-hydrogen) atoms. The monoisotopic (exact) mass is 199 g/mol. The molecule has 0 radical (unpaired) electrons. The van der Waals surface area contributed by atoms with Crippen LogP contribution >= 0.6 is 0 Å². The summed E-state index contributed by atoms with van der Waals surface area (Å²) in [4.78, 5) is 8.80. The molecule has 2 rings (SSSR count). The molecule has 0 amide bonds. The van der Waals surface area contributed by atoms with E-state index in [0.717, 1.165) is 28.7 Å². The highest BCUT2D eigenvalue weighted by atomic mass is 14.8. The van der Waals surface area contributed by atoms with Crippen molar-refractivity contribution < 1.29 is 0 Å². The average molecular weight is 199 g/mol. The lowest BCUT2D eigenvalue weighted by molar-refractivity contribution is 1.01. The van der Waals surface area contributed by atoms with Gasteiger partial charge in [0.25, 0.3) is 0 Å². The van der Waals surface area contributed by atoms with Crippen molar-refractivity contribution in [3.63, 3.8) is 0 Å². The van der Waals surface area contributed by atoms with E-state index in [2.05, 4.69) is 16.5 Å². The van der Waals surface area contributed by atoms with Gasteiger partial charge in [0.1, 0.15) is 0 Å². The van der Waals surface area contributed by atoms with E-state index < -0.39 is 0 Å². The maximum atomic E-state index is 5.47. The zero-order valence-electron chi connectivity index (χ0n) is 8.48. The van der Waals surface area contributed by atoms with Crippen LogP contribution in [0.3, 0.4) is 0 Å². The molecular weight excluding hydrogens is 186 g/mol. The second-order valence-electron chi connectivity index (χ2n) is 3.39. The highest BCUT2D eigenvalue weighted by Crippen LogP contribution is 2.15. The first-order chi connectivity index (χ1) is 7.31. The molecule has 3 nitrogen and oxygen atoms in total. The maximum absolute atomic E-state index is 5.47. The summed E-state index contributed by atoms with van der Waals surface area (Å²) < 4.78 is 0. The Morgan fingerprint density at radius 2 is 2.00 bits per heavy atom. The Kier molecular flexibility index (Phi) is 2.74. The first kappa shape index (κ1) is 9.80. The van der Waals surface area contributed by atoms with Gasteiger partial charge in [-0.3, -0.25) is 4.98 Å². The summed E-state index contributed by atoms with van der Waals surface area (Å²) in [6.45, 7) is 4.53. The Balaban J connectivity index is 2.42. The molecular formula is C12H13N3. The number of hydrogen-bond acceptors (Lipinski definition) is 3. The van der Waals surface area contributed by atoms with E-state index in [1.807, 2.05) is 24.3 Å². The molecule has 2 N–H and O–H groups in total. The Bertz CT molecular complexity index is 491. The van der Waals surface area contributed by atoms with Crippen LogP contribution in [-0.4, -0.2) is 16.5 Å². The predicted octanol–water partition coefficient (Wildman–Crippen LogP) is 1.99. The largest absolute Gasteiger partial charge is 0.330 e. The van der Waals surface area contributed by atoms with E-state index in [-0.39, 0.29) is 0 Å². The summed E-state index contributed by atoms with van der Waals surface area (Å²) in [5.74, 6) is 0. The van der Waals surface area contributed by atoms with Gasteiger partial charge in [0.05, 0.1) is 22.9 Å². The minimum absolute atomic E-state index is 0.591. The van der Waals surface area contributed by atoms with Gasteiger partial charge in [-0.2, -0.15) is 0 Å². The van der Waals surface area contributed by atoms with Crippen LogP contribution in [0.1, 0.15) is 12.1 Å². The van der Waals surface area contributed by atoms with Crippen LogP contribution in [-0.2, 0) is 0 Å². The van der Waals surface area contributed by atoms with Crippen molar-refractivity contribution in [1.29, 1.82) is 0 Å². The number of hydrogen-bond donors (Lipinski definition) is 1. The third kappa shape index (κ3) is 2.02. The van der Waals surface area contributed by atoms with Crippen molar-refractivity contribution in [2.24, 2.45) is 5.73 Å². The molecule has 0 aliphatic rings. The fourth-order valence-corrected chi connectivity index (χ4v) is 1.43. The molecule has 0 saturated heterocycles. The van der Waals surface area contributed by atoms with Crippen LogP contribution in [0.25, 0.3) is 16.6 Å². The Labute approximate surface area is 88.7 Å². The lowest BCUT2D eigenvalue weighted by Crippen LogP contribution is -2.01. The lowest BCUT2D eigenvalue weighted by Gasteiger charge is -2.03. The number of rotatable bonds is 3. The standard InChI is InChI=1S/C12H13N3/c1-9(6-7-13)12-8-14-10-4-2-3-5-11(10)15-12/h2-5,8H,1,6-7,13H2. The molecule has 0 unspecified atom stereocenters. The third-order valence-corrected chi connectivity index (χ3v) is 2.26. The van der Waals surface area contributed by atoms with Gasteiger partial charge in [0, 0.05) is 0 Å². The van der Waals surface area contributed by atoms with Crippen molar-refractivity contribution in [2.45, 2.75) is 6.42 Å². The van der Waals surface area contributed by atoms with E-state index in [4.69, 9.17) is 5.73 Å². The molecule has 0 spiro atoms.